The Morgan fingerprint density at radius 1 is 1.07 bits per heavy atom. The zero-order valence-electron chi connectivity index (χ0n) is 16.4. The minimum absolute atomic E-state index is 0.00752. The highest BCUT2D eigenvalue weighted by Gasteiger charge is 2.34. The van der Waals surface area contributed by atoms with Crippen molar-refractivity contribution < 1.29 is 9.59 Å². The van der Waals surface area contributed by atoms with Crippen molar-refractivity contribution in [2.45, 2.75) is 18.4 Å². The molecule has 4 rings (SSSR count). The van der Waals surface area contributed by atoms with Crippen LogP contribution in [0.15, 0.2) is 60.7 Å². The molecule has 2 N–H and O–H groups in total. The first kappa shape index (κ1) is 20.0. The van der Waals surface area contributed by atoms with Crippen molar-refractivity contribution in [2.75, 3.05) is 31.3 Å². The van der Waals surface area contributed by atoms with E-state index in [1.807, 2.05) is 65.6 Å². The number of hydrogen-bond acceptors (Lipinski definition) is 4. The van der Waals surface area contributed by atoms with Gasteiger partial charge in [-0.3, -0.25) is 9.59 Å². The minimum Gasteiger partial charge on any atom is -0.355 e. The van der Waals surface area contributed by atoms with Gasteiger partial charge in [0.05, 0.1) is 17.8 Å². The third kappa shape index (κ3) is 4.82. The number of thioether (sulfide) groups is 1. The van der Waals surface area contributed by atoms with Crippen LogP contribution in [0.3, 0.4) is 0 Å². The molecule has 0 bridgehead atoms. The second-order valence-corrected chi connectivity index (χ2v) is 8.78. The van der Waals surface area contributed by atoms with Gasteiger partial charge in [0, 0.05) is 25.4 Å². The molecule has 0 aromatic heterocycles. The second-order valence-electron chi connectivity index (χ2n) is 7.70. The molecule has 2 aliphatic heterocycles. The molecule has 6 heteroatoms. The van der Waals surface area contributed by atoms with E-state index in [2.05, 4.69) is 10.6 Å². The highest BCUT2D eigenvalue weighted by atomic mass is 32.2. The maximum Gasteiger partial charge on any atom is 0.240 e. The summed E-state index contributed by atoms with van der Waals surface area (Å²) in [7, 11) is 0. The number of carbonyl (C=O) groups is 2. The van der Waals surface area contributed by atoms with Gasteiger partial charge in [0.1, 0.15) is 0 Å². The van der Waals surface area contributed by atoms with Gasteiger partial charge < -0.3 is 15.5 Å². The first-order valence-corrected chi connectivity index (χ1v) is 11.4. The monoisotopic (exact) mass is 409 g/mol. The third-order valence-corrected chi connectivity index (χ3v) is 6.64. The Morgan fingerprint density at radius 3 is 2.31 bits per heavy atom. The molecule has 2 atom stereocenters. The summed E-state index contributed by atoms with van der Waals surface area (Å²) < 4.78 is 0. The maximum absolute atomic E-state index is 13.1. The molecule has 29 heavy (non-hydrogen) atoms. The molecule has 0 aliphatic carbocycles. The predicted octanol–water partition coefficient (Wildman–Crippen LogP) is 2.45. The molecule has 5 nitrogen and oxygen atoms in total. The van der Waals surface area contributed by atoms with Crippen LogP contribution in [0.1, 0.15) is 23.5 Å². The van der Waals surface area contributed by atoms with E-state index in [1.165, 1.54) is 0 Å². The van der Waals surface area contributed by atoms with E-state index in [0.717, 1.165) is 42.3 Å². The molecular formula is C23H27N3O2S. The zero-order valence-corrected chi connectivity index (χ0v) is 17.2. The molecule has 152 valence electrons. The summed E-state index contributed by atoms with van der Waals surface area (Å²) in [5.74, 6) is 1.98. The number of benzene rings is 2. The van der Waals surface area contributed by atoms with Gasteiger partial charge in [-0.2, -0.15) is 0 Å². The van der Waals surface area contributed by atoms with Gasteiger partial charge >= 0.3 is 0 Å². The quantitative estimate of drug-likeness (QED) is 0.769. The third-order valence-electron chi connectivity index (χ3n) is 5.68. The Labute approximate surface area is 176 Å². The van der Waals surface area contributed by atoms with E-state index >= 15 is 0 Å². The van der Waals surface area contributed by atoms with Crippen LogP contribution in [-0.2, 0) is 9.59 Å². The molecule has 0 spiro atoms. The summed E-state index contributed by atoms with van der Waals surface area (Å²) in [6.45, 7) is 2.19. The predicted molar refractivity (Wildman–Crippen MR) is 117 cm³/mol. The SMILES string of the molecule is O=C(NCC1CNC(C(=O)N2CCSC2)C1)C(c1ccccc1)c1ccccc1. The summed E-state index contributed by atoms with van der Waals surface area (Å²) in [5, 5.41) is 6.49. The molecule has 2 aliphatic rings. The number of nitrogens with zero attached hydrogens (tertiary/aromatic N) is 1. The van der Waals surface area contributed by atoms with Crippen molar-refractivity contribution in [3.8, 4) is 0 Å². The lowest BCUT2D eigenvalue weighted by molar-refractivity contribution is -0.131. The van der Waals surface area contributed by atoms with Crippen LogP contribution >= 0.6 is 11.8 Å². The van der Waals surface area contributed by atoms with E-state index in [0.29, 0.717) is 6.54 Å². The highest BCUT2D eigenvalue weighted by molar-refractivity contribution is 7.99. The van der Waals surface area contributed by atoms with Crippen LogP contribution in [0.25, 0.3) is 0 Å². The number of carbonyl (C=O) groups excluding carboxylic acids is 2. The molecule has 0 radical (unpaired) electrons. The van der Waals surface area contributed by atoms with Crippen molar-refractivity contribution in [3.63, 3.8) is 0 Å². The van der Waals surface area contributed by atoms with Crippen LogP contribution in [-0.4, -0.2) is 54.0 Å². The average Bonchev–Trinajstić information content (AvgIpc) is 3.46. The number of hydrogen-bond donors (Lipinski definition) is 2. The lowest BCUT2D eigenvalue weighted by Gasteiger charge is -2.20. The van der Waals surface area contributed by atoms with E-state index in [1.54, 1.807) is 11.8 Å². The Morgan fingerprint density at radius 2 is 1.72 bits per heavy atom. The lowest BCUT2D eigenvalue weighted by atomic mass is 9.90. The summed E-state index contributed by atoms with van der Waals surface area (Å²) in [4.78, 5) is 27.6. The summed E-state index contributed by atoms with van der Waals surface area (Å²) >= 11 is 1.80. The number of nitrogens with one attached hydrogen (secondary N) is 2. The standard InChI is InChI=1S/C23H27N3O2S/c27-22(21(18-7-3-1-4-8-18)19-9-5-2-6-10-19)25-15-17-13-20(24-14-17)23(28)26-11-12-29-16-26/h1-10,17,20-21,24H,11-16H2,(H,25,27). The van der Waals surface area contributed by atoms with Crippen molar-refractivity contribution in [3.05, 3.63) is 71.8 Å². The fourth-order valence-corrected chi connectivity index (χ4v) is 5.05. The normalized spacial score (nSPS) is 21.5. The highest BCUT2D eigenvalue weighted by Crippen LogP contribution is 2.25. The molecule has 2 aromatic carbocycles. The smallest absolute Gasteiger partial charge is 0.240 e. The van der Waals surface area contributed by atoms with Crippen LogP contribution in [0.2, 0.25) is 0 Å². The largest absolute Gasteiger partial charge is 0.355 e. The van der Waals surface area contributed by atoms with Gasteiger partial charge in [0.25, 0.3) is 0 Å². The number of amides is 2. The molecular weight excluding hydrogens is 382 g/mol. The van der Waals surface area contributed by atoms with Crippen LogP contribution in [0.5, 0.6) is 0 Å². The Bertz CT molecular complexity index is 785. The molecule has 2 aromatic rings. The lowest BCUT2D eigenvalue weighted by Crippen LogP contribution is -2.42. The fourth-order valence-electron chi connectivity index (χ4n) is 4.09. The molecule has 2 saturated heterocycles. The van der Waals surface area contributed by atoms with E-state index in [4.69, 9.17) is 0 Å². The Hall–Kier alpha value is -2.31. The van der Waals surface area contributed by atoms with Crippen LogP contribution < -0.4 is 10.6 Å². The number of rotatable bonds is 6. The molecule has 2 heterocycles. The zero-order chi connectivity index (χ0) is 20.1. The van der Waals surface area contributed by atoms with Crippen LogP contribution in [0, 0.1) is 5.92 Å². The Balaban J connectivity index is 1.37. The minimum atomic E-state index is -0.328. The Kier molecular flexibility index (Phi) is 6.52. The first-order valence-electron chi connectivity index (χ1n) is 10.2. The topological polar surface area (TPSA) is 61.4 Å². The van der Waals surface area contributed by atoms with Crippen molar-refractivity contribution >= 4 is 23.6 Å². The first-order chi connectivity index (χ1) is 14.2. The fraction of sp³-hybridized carbons (Fsp3) is 0.391. The van der Waals surface area contributed by atoms with E-state index < -0.39 is 0 Å². The van der Waals surface area contributed by atoms with Crippen molar-refractivity contribution in [1.82, 2.24) is 15.5 Å². The van der Waals surface area contributed by atoms with Gasteiger partial charge in [0.15, 0.2) is 0 Å². The van der Waals surface area contributed by atoms with Gasteiger partial charge in [-0.15, -0.1) is 11.8 Å². The van der Waals surface area contributed by atoms with Gasteiger partial charge in [-0.1, -0.05) is 60.7 Å². The van der Waals surface area contributed by atoms with Gasteiger partial charge in [-0.05, 0) is 23.5 Å². The van der Waals surface area contributed by atoms with Crippen molar-refractivity contribution in [2.24, 2.45) is 5.92 Å². The molecule has 2 unspecified atom stereocenters. The van der Waals surface area contributed by atoms with Gasteiger partial charge in [-0.25, -0.2) is 0 Å². The molecule has 2 fully saturated rings. The van der Waals surface area contributed by atoms with E-state index in [9.17, 15) is 9.59 Å². The van der Waals surface area contributed by atoms with E-state index in [-0.39, 0.29) is 29.7 Å². The summed E-state index contributed by atoms with van der Waals surface area (Å²) in [6.07, 6.45) is 0.779. The summed E-state index contributed by atoms with van der Waals surface area (Å²) in [5.41, 5.74) is 1.97. The van der Waals surface area contributed by atoms with Crippen molar-refractivity contribution in [1.29, 1.82) is 0 Å². The maximum atomic E-state index is 13.1. The average molecular weight is 410 g/mol. The molecule has 2 amide bonds. The second kappa shape index (κ2) is 9.46. The molecule has 0 saturated carbocycles. The van der Waals surface area contributed by atoms with Crippen LogP contribution in [0.4, 0.5) is 0 Å². The van der Waals surface area contributed by atoms with Gasteiger partial charge in [0.2, 0.25) is 11.8 Å². The summed E-state index contributed by atoms with van der Waals surface area (Å²) in [6, 6.07) is 19.7.